The van der Waals surface area contributed by atoms with Crippen LogP contribution >= 0.6 is 12.4 Å². The van der Waals surface area contributed by atoms with E-state index in [4.69, 9.17) is 5.73 Å². The summed E-state index contributed by atoms with van der Waals surface area (Å²) in [5, 5.41) is 26.4. The molecule has 0 aliphatic heterocycles. The lowest BCUT2D eigenvalue weighted by Crippen LogP contribution is -2.47. The van der Waals surface area contributed by atoms with Gasteiger partial charge in [-0.15, -0.1) is 12.4 Å². The fraction of sp³-hybridized carbons (Fsp3) is 0.318. The standard InChI is InChI=1S/C22H28BN5O3.ClH/c24-14-8-7-13-19(23(30)31)25-21(29)16-28-20(15-17-9-3-1-4-10-17)26-22(27-28)18-11-5-2-6-12-18;/h1-6,9-12,19,30-31H,7-8,13-16,24H2,(H,25,29);1H. The van der Waals surface area contributed by atoms with E-state index in [-0.39, 0.29) is 24.9 Å². The summed E-state index contributed by atoms with van der Waals surface area (Å²) in [6.45, 7) is 0.453. The van der Waals surface area contributed by atoms with Crippen LogP contribution in [0.15, 0.2) is 60.7 Å². The molecule has 0 aliphatic rings. The number of nitrogens with two attached hydrogens (primary N) is 1. The van der Waals surface area contributed by atoms with Gasteiger partial charge in [-0.05, 0) is 24.9 Å². The van der Waals surface area contributed by atoms with Gasteiger partial charge in [-0.2, -0.15) is 5.10 Å². The predicted octanol–water partition coefficient (Wildman–Crippen LogP) is 1.58. The number of carbonyl (C=O) groups excluding carboxylic acids is 1. The minimum Gasteiger partial charge on any atom is -0.426 e. The van der Waals surface area contributed by atoms with Crippen molar-refractivity contribution < 1.29 is 14.8 Å². The van der Waals surface area contributed by atoms with E-state index in [9.17, 15) is 14.8 Å². The molecular weight excluding hydrogens is 429 g/mol. The lowest BCUT2D eigenvalue weighted by molar-refractivity contribution is -0.122. The van der Waals surface area contributed by atoms with Gasteiger partial charge in [-0.3, -0.25) is 4.79 Å². The number of hydrogen-bond acceptors (Lipinski definition) is 6. The fourth-order valence-corrected chi connectivity index (χ4v) is 3.31. The van der Waals surface area contributed by atoms with Crippen molar-refractivity contribution in [1.82, 2.24) is 20.1 Å². The van der Waals surface area contributed by atoms with E-state index in [0.717, 1.165) is 17.5 Å². The first-order valence-corrected chi connectivity index (χ1v) is 10.5. The Bertz CT molecular complexity index is 957. The van der Waals surface area contributed by atoms with Gasteiger partial charge in [0.05, 0.1) is 5.94 Å². The Morgan fingerprint density at radius 1 is 1.06 bits per heavy atom. The summed E-state index contributed by atoms with van der Waals surface area (Å²) < 4.78 is 1.57. The van der Waals surface area contributed by atoms with Crippen LogP contribution in [-0.2, 0) is 17.8 Å². The van der Waals surface area contributed by atoms with Crippen molar-refractivity contribution in [1.29, 1.82) is 0 Å². The minimum absolute atomic E-state index is 0. The molecule has 2 aromatic carbocycles. The summed E-state index contributed by atoms with van der Waals surface area (Å²) in [4.78, 5) is 17.3. The average molecular weight is 458 g/mol. The number of aromatic nitrogens is 3. The van der Waals surface area contributed by atoms with E-state index in [2.05, 4.69) is 15.4 Å². The van der Waals surface area contributed by atoms with Crippen molar-refractivity contribution in [2.75, 3.05) is 6.54 Å². The lowest BCUT2D eigenvalue weighted by atomic mass is 9.76. The Balaban J connectivity index is 0.00000363. The van der Waals surface area contributed by atoms with Crippen LogP contribution in [0.5, 0.6) is 0 Å². The number of rotatable bonds is 11. The summed E-state index contributed by atoms with van der Waals surface area (Å²) in [5.74, 6) is 0.0869. The molecule has 0 bridgehead atoms. The van der Waals surface area contributed by atoms with Crippen LogP contribution in [0.1, 0.15) is 30.7 Å². The van der Waals surface area contributed by atoms with E-state index >= 15 is 0 Å². The highest BCUT2D eigenvalue weighted by atomic mass is 35.5. The Kier molecular flexibility index (Phi) is 10.4. The van der Waals surface area contributed by atoms with Gasteiger partial charge in [0.1, 0.15) is 12.4 Å². The predicted molar refractivity (Wildman–Crippen MR) is 127 cm³/mol. The molecule has 32 heavy (non-hydrogen) atoms. The molecule has 1 heterocycles. The molecule has 1 aromatic heterocycles. The normalized spacial score (nSPS) is 11.5. The second kappa shape index (κ2) is 13.0. The first kappa shape index (κ1) is 25.5. The second-order valence-corrected chi connectivity index (χ2v) is 7.41. The molecule has 0 saturated carbocycles. The Labute approximate surface area is 194 Å². The van der Waals surface area contributed by atoms with Crippen molar-refractivity contribution in [3.63, 3.8) is 0 Å². The molecule has 0 fully saturated rings. The molecule has 8 nitrogen and oxygen atoms in total. The third-order valence-electron chi connectivity index (χ3n) is 4.95. The van der Waals surface area contributed by atoms with Gasteiger partial charge in [0.25, 0.3) is 0 Å². The van der Waals surface area contributed by atoms with Gasteiger partial charge in [-0.1, -0.05) is 67.1 Å². The number of amides is 1. The fourth-order valence-electron chi connectivity index (χ4n) is 3.31. The van der Waals surface area contributed by atoms with Gasteiger partial charge in [0.2, 0.25) is 5.91 Å². The highest BCUT2D eigenvalue weighted by molar-refractivity contribution is 6.43. The summed E-state index contributed by atoms with van der Waals surface area (Å²) in [6.07, 6.45) is 2.41. The van der Waals surface area contributed by atoms with E-state index < -0.39 is 13.1 Å². The maximum absolute atomic E-state index is 12.7. The van der Waals surface area contributed by atoms with Crippen molar-refractivity contribution in [3.8, 4) is 11.4 Å². The number of hydrogen-bond donors (Lipinski definition) is 4. The Morgan fingerprint density at radius 3 is 2.34 bits per heavy atom. The number of carbonyl (C=O) groups is 1. The van der Waals surface area contributed by atoms with Crippen LogP contribution in [0.4, 0.5) is 0 Å². The average Bonchev–Trinajstić information content (AvgIpc) is 3.16. The monoisotopic (exact) mass is 457 g/mol. The smallest absolute Gasteiger partial charge is 0.426 e. The number of halogens is 1. The van der Waals surface area contributed by atoms with E-state index in [1.165, 1.54) is 0 Å². The van der Waals surface area contributed by atoms with Gasteiger partial charge in [0.15, 0.2) is 5.82 Å². The van der Waals surface area contributed by atoms with E-state index in [1.54, 1.807) is 4.68 Å². The van der Waals surface area contributed by atoms with Crippen LogP contribution in [0.3, 0.4) is 0 Å². The largest absolute Gasteiger partial charge is 0.475 e. The first-order valence-electron chi connectivity index (χ1n) is 10.5. The third kappa shape index (κ3) is 7.46. The zero-order chi connectivity index (χ0) is 22.1. The molecule has 1 amide bonds. The van der Waals surface area contributed by atoms with Crippen LogP contribution in [0, 0.1) is 0 Å². The maximum Gasteiger partial charge on any atom is 0.475 e. The molecular formula is C22H29BClN5O3. The summed E-state index contributed by atoms with van der Waals surface area (Å²) in [6, 6.07) is 19.4. The van der Waals surface area contributed by atoms with Crippen LogP contribution in [0.2, 0.25) is 0 Å². The molecule has 0 spiro atoms. The number of benzene rings is 2. The molecule has 170 valence electrons. The van der Waals surface area contributed by atoms with Crippen LogP contribution in [0.25, 0.3) is 11.4 Å². The molecule has 10 heteroatoms. The van der Waals surface area contributed by atoms with E-state index in [1.807, 2.05) is 60.7 Å². The first-order chi connectivity index (χ1) is 15.1. The number of unbranched alkanes of at least 4 members (excludes halogenated alkanes) is 1. The SMILES string of the molecule is Cl.NCCCCC(NC(=O)Cn1nc(-c2ccccc2)nc1Cc1ccccc1)B(O)O. The highest BCUT2D eigenvalue weighted by Gasteiger charge is 2.25. The Morgan fingerprint density at radius 2 is 1.72 bits per heavy atom. The van der Waals surface area contributed by atoms with Crippen molar-refractivity contribution >= 4 is 25.4 Å². The van der Waals surface area contributed by atoms with Crippen molar-refractivity contribution in [2.24, 2.45) is 5.73 Å². The quantitative estimate of drug-likeness (QED) is 0.256. The molecule has 3 aromatic rings. The summed E-state index contributed by atoms with van der Waals surface area (Å²) in [7, 11) is -1.64. The molecule has 0 aliphatic carbocycles. The molecule has 1 unspecified atom stereocenters. The zero-order valence-corrected chi connectivity index (χ0v) is 18.6. The highest BCUT2D eigenvalue weighted by Crippen LogP contribution is 2.17. The molecule has 3 rings (SSSR count). The van der Waals surface area contributed by atoms with Crippen LogP contribution < -0.4 is 11.1 Å². The van der Waals surface area contributed by atoms with Gasteiger partial charge in [-0.25, -0.2) is 9.67 Å². The second-order valence-electron chi connectivity index (χ2n) is 7.41. The van der Waals surface area contributed by atoms with E-state index in [0.29, 0.717) is 37.5 Å². The molecule has 0 saturated heterocycles. The molecule has 1 atom stereocenters. The maximum atomic E-state index is 12.7. The minimum atomic E-state index is -1.64. The summed E-state index contributed by atoms with van der Waals surface area (Å²) in [5.41, 5.74) is 7.41. The zero-order valence-electron chi connectivity index (χ0n) is 17.8. The van der Waals surface area contributed by atoms with Gasteiger partial charge < -0.3 is 21.1 Å². The van der Waals surface area contributed by atoms with Crippen LogP contribution in [-0.4, -0.2) is 50.3 Å². The molecule has 0 radical (unpaired) electrons. The third-order valence-corrected chi connectivity index (χ3v) is 4.95. The lowest BCUT2D eigenvalue weighted by Gasteiger charge is -2.18. The number of nitrogens with zero attached hydrogens (tertiary/aromatic N) is 3. The van der Waals surface area contributed by atoms with Crippen molar-refractivity contribution in [3.05, 3.63) is 72.1 Å². The van der Waals surface area contributed by atoms with Crippen molar-refractivity contribution in [2.45, 2.75) is 38.2 Å². The Hall–Kier alpha value is -2.72. The number of nitrogens with one attached hydrogen (secondary N) is 1. The summed E-state index contributed by atoms with van der Waals surface area (Å²) >= 11 is 0. The topological polar surface area (TPSA) is 126 Å². The van der Waals surface area contributed by atoms with Gasteiger partial charge in [0, 0.05) is 12.0 Å². The van der Waals surface area contributed by atoms with Gasteiger partial charge >= 0.3 is 7.12 Å². The molecule has 5 N–H and O–H groups in total.